The fourth-order valence-electron chi connectivity index (χ4n) is 2.37. The average molecular weight is 315 g/mol. The SMILES string of the molecule is CCOc1ccc(C(C)NC(=O)CCc2ccccc2F)cc1. The average Bonchev–Trinajstić information content (AvgIpc) is 2.55. The lowest BCUT2D eigenvalue weighted by atomic mass is 10.1. The summed E-state index contributed by atoms with van der Waals surface area (Å²) in [4.78, 5) is 12.0. The molecule has 1 unspecified atom stereocenters. The van der Waals surface area contributed by atoms with Crippen LogP contribution >= 0.6 is 0 Å². The molecule has 0 heterocycles. The summed E-state index contributed by atoms with van der Waals surface area (Å²) in [5, 5.41) is 2.94. The van der Waals surface area contributed by atoms with Gasteiger partial charge in [-0.05, 0) is 49.6 Å². The highest BCUT2D eigenvalue weighted by molar-refractivity contribution is 5.76. The van der Waals surface area contributed by atoms with Crippen molar-refractivity contribution in [2.24, 2.45) is 0 Å². The number of hydrogen-bond donors (Lipinski definition) is 1. The van der Waals surface area contributed by atoms with Gasteiger partial charge in [-0.15, -0.1) is 0 Å². The maximum Gasteiger partial charge on any atom is 0.220 e. The van der Waals surface area contributed by atoms with Gasteiger partial charge in [-0.2, -0.15) is 0 Å². The Hall–Kier alpha value is -2.36. The molecule has 0 fully saturated rings. The molecule has 122 valence electrons. The van der Waals surface area contributed by atoms with Crippen molar-refractivity contribution in [2.45, 2.75) is 32.7 Å². The zero-order chi connectivity index (χ0) is 16.7. The lowest BCUT2D eigenvalue weighted by Crippen LogP contribution is -2.26. The van der Waals surface area contributed by atoms with Crippen LogP contribution in [0.3, 0.4) is 0 Å². The second-order valence-corrected chi connectivity index (χ2v) is 5.38. The molecule has 0 spiro atoms. The largest absolute Gasteiger partial charge is 0.494 e. The summed E-state index contributed by atoms with van der Waals surface area (Å²) < 4.78 is 18.9. The van der Waals surface area contributed by atoms with Crippen molar-refractivity contribution in [3.63, 3.8) is 0 Å². The van der Waals surface area contributed by atoms with E-state index < -0.39 is 0 Å². The lowest BCUT2D eigenvalue weighted by Gasteiger charge is -2.15. The van der Waals surface area contributed by atoms with Gasteiger partial charge in [-0.3, -0.25) is 4.79 Å². The topological polar surface area (TPSA) is 38.3 Å². The fourth-order valence-corrected chi connectivity index (χ4v) is 2.37. The number of hydrogen-bond acceptors (Lipinski definition) is 2. The van der Waals surface area contributed by atoms with Gasteiger partial charge in [0.2, 0.25) is 5.91 Å². The Morgan fingerprint density at radius 3 is 2.52 bits per heavy atom. The van der Waals surface area contributed by atoms with E-state index in [1.54, 1.807) is 18.2 Å². The molecule has 1 atom stereocenters. The Labute approximate surface area is 136 Å². The highest BCUT2D eigenvalue weighted by Gasteiger charge is 2.11. The van der Waals surface area contributed by atoms with Crippen LogP contribution in [0.1, 0.15) is 37.4 Å². The lowest BCUT2D eigenvalue weighted by molar-refractivity contribution is -0.121. The third-order valence-corrected chi connectivity index (χ3v) is 3.65. The van der Waals surface area contributed by atoms with Crippen LogP contribution in [0, 0.1) is 5.82 Å². The number of rotatable bonds is 7. The molecule has 0 saturated carbocycles. The first-order valence-corrected chi connectivity index (χ1v) is 7.85. The molecule has 0 radical (unpaired) electrons. The molecule has 0 aliphatic carbocycles. The first-order chi connectivity index (χ1) is 11.1. The summed E-state index contributed by atoms with van der Waals surface area (Å²) >= 11 is 0. The quantitative estimate of drug-likeness (QED) is 0.837. The Morgan fingerprint density at radius 2 is 1.87 bits per heavy atom. The van der Waals surface area contributed by atoms with E-state index in [1.165, 1.54) is 6.07 Å². The molecule has 0 saturated heterocycles. The van der Waals surface area contributed by atoms with E-state index in [-0.39, 0.29) is 24.2 Å². The van der Waals surface area contributed by atoms with Crippen molar-refractivity contribution in [1.29, 1.82) is 0 Å². The summed E-state index contributed by atoms with van der Waals surface area (Å²) in [7, 11) is 0. The monoisotopic (exact) mass is 315 g/mol. The molecule has 2 rings (SSSR count). The molecule has 0 aliphatic rings. The molecule has 23 heavy (non-hydrogen) atoms. The van der Waals surface area contributed by atoms with Crippen molar-refractivity contribution >= 4 is 5.91 Å². The maximum absolute atomic E-state index is 13.5. The van der Waals surface area contributed by atoms with Crippen LogP contribution in [0.25, 0.3) is 0 Å². The number of carbonyl (C=O) groups is 1. The molecule has 3 nitrogen and oxygen atoms in total. The third kappa shape index (κ3) is 5.09. The number of aryl methyl sites for hydroxylation is 1. The van der Waals surface area contributed by atoms with Gasteiger partial charge in [-0.1, -0.05) is 30.3 Å². The predicted molar refractivity (Wildman–Crippen MR) is 88.9 cm³/mol. The van der Waals surface area contributed by atoms with Gasteiger partial charge in [-0.25, -0.2) is 4.39 Å². The van der Waals surface area contributed by atoms with Gasteiger partial charge in [0.15, 0.2) is 0 Å². The first kappa shape index (κ1) is 17.0. The van der Waals surface area contributed by atoms with Gasteiger partial charge in [0.25, 0.3) is 0 Å². The van der Waals surface area contributed by atoms with Crippen molar-refractivity contribution < 1.29 is 13.9 Å². The van der Waals surface area contributed by atoms with Crippen LogP contribution in [0.15, 0.2) is 48.5 Å². The number of amides is 1. The zero-order valence-electron chi connectivity index (χ0n) is 13.5. The van der Waals surface area contributed by atoms with Crippen molar-refractivity contribution in [1.82, 2.24) is 5.32 Å². The molecule has 1 N–H and O–H groups in total. The minimum atomic E-state index is -0.264. The van der Waals surface area contributed by atoms with Crippen LogP contribution in [0.2, 0.25) is 0 Å². The molecule has 0 bridgehead atoms. The first-order valence-electron chi connectivity index (χ1n) is 7.85. The molecular weight excluding hydrogens is 293 g/mol. The van der Waals surface area contributed by atoms with E-state index in [0.717, 1.165) is 11.3 Å². The molecule has 2 aromatic carbocycles. The molecule has 0 aromatic heterocycles. The van der Waals surface area contributed by atoms with Crippen molar-refractivity contribution in [2.75, 3.05) is 6.61 Å². The molecule has 1 amide bonds. The number of benzene rings is 2. The molecular formula is C19H22FNO2. The van der Waals surface area contributed by atoms with E-state index >= 15 is 0 Å². The second kappa shape index (κ2) is 8.32. The van der Waals surface area contributed by atoms with Crippen molar-refractivity contribution in [3.05, 3.63) is 65.5 Å². The van der Waals surface area contributed by atoms with E-state index in [1.807, 2.05) is 38.1 Å². The van der Waals surface area contributed by atoms with Gasteiger partial charge in [0.1, 0.15) is 11.6 Å². The summed E-state index contributed by atoms with van der Waals surface area (Å²) in [6.07, 6.45) is 0.663. The second-order valence-electron chi connectivity index (χ2n) is 5.38. The number of carbonyl (C=O) groups excluding carboxylic acids is 1. The van der Waals surface area contributed by atoms with Crippen molar-refractivity contribution in [3.8, 4) is 5.75 Å². The summed E-state index contributed by atoms with van der Waals surface area (Å²) in [6, 6.07) is 14.1. The van der Waals surface area contributed by atoms with Crippen LogP contribution < -0.4 is 10.1 Å². The Kier molecular flexibility index (Phi) is 6.15. The molecule has 2 aromatic rings. The maximum atomic E-state index is 13.5. The van der Waals surface area contributed by atoms with E-state index in [4.69, 9.17) is 4.74 Å². The number of halogens is 1. The number of ether oxygens (including phenoxy) is 1. The number of nitrogens with one attached hydrogen (secondary N) is 1. The third-order valence-electron chi connectivity index (χ3n) is 3.65. The van der Waals surface area contributed by atoms with Crippen LogP contribution in [0.4, 0.5) is 4.39 Å². The Balaban J connectivity index is 1.85. The van der Waals surface area contributed by atoms with Crippen LogP contribution in [0.5, 0.6) is 5.75 Å². The van der Waals surface area contributed by atoms with Gasteiger partial charge < -0.3 is 10.1 Å². The predicted octanol–water partition coefficient (Wildman–Crippen LogP) is 4.03. The summed E-state index contributed by atoms with van der Waals surface area (Å²) in [6.45, 7) is 4.49. The zero-order valence-corrected chi connectivity index (χ0v) is 13.5. The van der Waals surface area contributed by atoms with Gasteiger partial charge >= 0.3 is 0 Å². The smallest absolute Gasteiger partial charge is 0.220 e. The minimum absolute atomic E-state index is 0.0883. The van der Waals surface area contributed by atoms with E-state index in [2.05, 4.69) is 5.32 Å². The van der Waals surface area contributed by atoms with Crippen LogP contribution in [-0.4, -0.2) is 12.5 Å². The highest BCUT2D eigenvalue weighted by atomic mass is 19.1. The summed E-state index contributed by atoms with van der Waals surface area (Å²) in [5.74, 6) is 0.462. The van der Waals surface area contributed by atoms with E-state index in [0.29, 0.717) is 18.6 Å². The summed E-state index contributed by atoms with van der Waals surface area (Å²) in [5.41, 5.74) is 1.57. The minimum Gasteiger partial charge on any atom is -0.494 e. The molecule has 4 heteroatoms. The van der Waals surface area contributed by atoms with Gasteiger partial charge in [0, 0.05) is 6.42 Å². The standard InChI is InChI=1S/C19H22FNO2/c1-3-23-17-11-8-15(9-12-17)14(2)21-19(22)13-10-16-6-4-5-7-18(16)20/h4-9,11-12,14H,3,10,13H2,1-2H3,(H,21,22). The van der Waals surface area contributed by atoms with Crippen LogP contribution in [-0.2, 0) is 11.2 Å². The van der Waals surface area contributed by atoms with Gasteiger partial charge in [0.05, 0.1) is 12.6 Å². The van der Waals surface area contributed by atoms with E-state index in [9.17, 15) is 9.18 Å². The Morgan fingerprint density at radius 1 is 1.17 bits per heavy atom. The highest BCUT2D eigenvalue weighted by Crippen LogP contribution is 2.18. The fraction of sp³-hybridized carbons (Fsp3) is 0.316. The Bertz CT molecular complexity index is 640. The molecule has 0 aliphatic heterocycles. The normalized spacial score (nSPS) is 11.8.